The molecule has 23 atom stereocenters. The first kappa shape index (κ1) is 94.2. The molecule has 1 unspecified atom stereocenters. The summed E-state index contributed by atoms with van der Waals surface area (Å²) in [7, 11) is 1.45. The molecule has 6 aromatic carbocycles. The summed E-state index contributed by atoms with van der Waals surface area (Å²) in [5.74, 6) is -19.2. The van der Waals surface area contributed by atoms with Gasteiger partial charge in [0.2, 0.25) is 59.3 Å². The van der Waals surface area contributed by atoms with Crippen LogP contribution in [0, 0.1) is 17.6 Å². The number of nitrogens with zero attached hydrogens (tertiary/aromatic N) is 1. The molecule has 0 radical (unpaired) electrons. The maximum Gasteiger partial charge on any atom is 0.330 e. The van der Waals surface area contributed by atoms with Crippen LogP contribution in [0.5, 0.6) is 57.6 Å². The topological polar surface area (TPSA) is 624 Å². The first-order valence-electron chi connectivity index (χ1n) is 40.1. The second-order valence-corrected chi connectivity index (χ2v) is 33.0. The Morgan fingerprint density at radius 3 is 1.95 bits per heavy atom. The first-order valence-corrected chi connectivity index (χ1v) is 40.8. The Morgan fingerprint density at radius 2 is 1.32 bits per heavy atom. The molecule has 128 heavy (non-hydrogen) atoms. The van der Waals surface area contributed by atoms with E-state index in [-0.39, 0.29) is 54.6 Å². The molecule has 0 aliphatic carbocycles. The SMILES string of the molecule is CN[C@H](CC(C)C)C(=O)NC1C(=O)N[C@@H](CC(N)=O)C(=O)N[C@H]2C(=O)N[C@H]3C(=O)N[C@H](C(=O)N[C@@H](C(=O)O)c4cc(O)cc(O)c4-c4cc3ccc4O)[C@H](O[C@H]3C[C@](C)(N)[C@@H](O)[C@H](C)O3)c3ccc(c(Cl)c3)Oc3cc2cc(c3O[C@@H]2O[C@H](CO)[C@@H](O[C@@H]3O[C@H](CNCc4ccc(Oc5ccc(F)c(F)c5)nc4)[C@H](O)[C@H](O)[C@H]3O)[C@H](O)[C@H]2O)Oc2ccc(cc2Cl)[C@H]1O. The van der Waals surface area contributed by atoms with Gasteiger partial charge in [0.25, 0.3) is 0 Å². The second-order valence-electron chi connectivity index (χ2n) is 32.2. The molecule has 8 aliphatic heterocycles. The number of carbonyl (C=O) groups excluding carboxylic acids is 7. The van der Waals surface area contributed by atoms with Crippen LogP contribution in [0.4, 0.5) is 8.78 Å². The van der Waals surface area contributed by atoms with Crippen molar-refractivity contribution < 1.29 is 151 Å². The van der Waals surface area contributed by atoms with Crippen molar-refractivity contribution in [2.45, 2.75) is 193 Å². The van der Waals surface area contributed by atoms with Gasteiger partial charge in [0, 0.05) is 66.1 Å². The third-order valence-corrected chi connectivity index (χ3v) is 22.9. The number of amides is 7. The minimum absolute atomic E-state index is 0.0128. The van der Waals surface area contributed by atoms with E-state index in [0.717, 1.165) is 78.9 Å². The lowest BCUT2D eigenvalue weighted by atomic mass is 9.86. The number of rotatable bonds is 21. The predicted octanol–water partition coefficient (Wildman–Crippen LogP) is 1.19. The van der Waals surface area contributed by atoms with Gasteiger partial charge in [-0.05, 0) is 128 Å². The molecule has 0 saturated carbocycles. The zero-order chi connectivity index (χ0) is 92.5. The predicted molar refractivity (Wildman–Crippen MR) is 437 cm³/mol. The number of primary amides is 1. The second kappa shape index (κ2) is 39.3. The van der Waals surface area contributed by atoms with E-state index in [9.17, 15) is 84.4 Å². The molecule has 11 bridgehead atoms. The Labute approximate surface area is 736 Å². The van der Waals surface area contributed by atoms with Gasteiger partial charge in [0.15, 0.2) is 41.8 Å². The normalized spacial score (nSPS) is 29.3. The van der Waals surface area contributed by atoms with Crippen molar-refractivity contribution in [3.8, 4) is 68.8 Å². The number of aliphatic carboxylic acids is 1. The van der Waals surface area contributed by atoms with E-state index in [0.29, 0.717) is 5.56 Å². The summed E-state index contributed by atoms with van der Waals surface area (Å²) in [5, 5.41) is 159. The van der Waals surface area contributed by atoms with Gasteiger partial charge in [-0.2, -0.15) is 0 Å². The summed E-state index contributed by atoms with van der Waals surface area (Å²) in [6, 6.07) is 4.55. The van der Waals surface area contributed by atoms with E-state index in [1.54, 1.807) is 19.9 Å². The molecular weight excluding hydrogens is 1740 g/mol. The van der Waals surface area contributed by atoms with Crippen LogP contribution in [0.25, 0.3) is 11.1 Å². The van der Waals surface area contributed by atoms with Crippen molar-refractivity contribution in [3.05, 3.63) is 170 Å². The van der Waals surface area contributed by atoms with Crippen LogP contribution >= 0.6 is 23.2 Å². The summed E-state index contributed by atoms with van der Waals surface area (Å²) in [5.41, 5.74) is 8.37. The Kier molecular flexibility index (Phi) is 28.9. The Bertz CT molecular complexity index is 5360. The van der Waals surface area contributed by atoms with Gasteiger partial charge >= 0.3 is 5.97 Å². The highest BCUT2D eigenvalue weighted by Gasteiger charge is 2.53. The molecule has 9 heterocycles. The number of aliphatic hydroxyl groups is 8. The lowest BCUT2D eigenvalue weighted by Gasteiger charge is -2.46. The largest absolute Gasteiger partial charge is 0.508 e. The molecule has 8 aliphatic rings. The number of carboxylic acids is 1. The third kappa shape index (κ3) is 20.7. The molecule has 686 valence electrons. The molecule has 15 rings (SSSR count). The monoisotopic (exact) mass is 1830 g/mol. The van der Waals surface area contributed by atoms with E-state index in [2.05, 4.69) is 47.5 Å². The van der Waals surface area contributed by atoms with Gasteiger partial charge in [-0.1, -0.05) is 61.3 Å². The summed E-state index contributed by atoms with van der Waals surface area (Å²) in [4.78, 5) is 124. The standard InChI is InChI=1S/C84H93Cl2F2N11O29/c1-31(2)16-46(91-5)75(112)98-63-65(105)35-8-13-50(42(85)18-35)122-52-20-37-21-53(72(52)127-83-70(110)68(108)73(55(30-100)125-83)128-82-69(109)67(107)66(106)54(124-82)29-92-27-33-6-15-57(93-28-33)121-39-10-11-44(87)45(88)24-39)123-51-14-9-36(19-43(51)86)71(126-58-26-84(4,90)74(111)32(3)120-58)64-80(117)97-62(81(118)119)41-22-38(101)23-49(103)59(41)40-17-34(7-12-48(40)102)60(77(114)99-64)96-78(115)61(37)95-76(113)47(25-56(89)104)94-79(63)116/h6-15,17-24,28,31-32,46-47,54-55,58,60-71,73-74,82-83,91-92,100-103,105-111H,16,25-27,29-30,90H2,1-5H3,(H2,89,104)(H,94,116)(H,95,113)(H,96,115)(H,97,117)(H,98,112)(H,99,114)(H,118,119)/t32-,46+,47-,54+,55+,58-,60+,61+,62+,63?,64-,65+,66-,67-,68+,69+,70+,71+,73+,74-,82-,83-,84-/m0/s1. The van der Waals surface area contributed by atoms with E-state index < -0.39 is 296 Å². The fourth-order valence-electron chi connectivity index (χ4n) is 15.6. The quantitative estimate of drug-likeness (QED) is 0.0480. The molecule has 24 N–H and O–H groups in total. The number of phenols is 3. The number of carbonyl (C=O) groups is 8. The van der Waals surface area contributed by atoms with Crippen molar-refractivity contribution in [3.63, 3.8) is 0 Å². The molecule has 40 nitrogen and oxygen atoms in total. The Morgan fingerprint density at radius 1 is 0.672 bits per heavy atom. The molecule has 0 spiro atoms. The summed E-state index contributed by atoms with van der Waals surface area (Å²) < 4.78 is 84.0. The number of hydrogen-bond donors (Lipinski definition) is 22. The number of carboxylic acid groups (broad SMARTS) is 1. The van der Waals surface area contributed by atoms with Crippen LogP contribution in [0.2, 0.25) is 10.0 Å². The van der Waals surface area contributed by atoms with Crippen molar-refractivity contribution in [1.29, 1.82) is 0 Å². The van der Waals surface area contributed by atoms with Crippen molar-refractivity contribution >= 4 is 70.5 Å². The molecule has 1 aromatic heterocycles. The number of hydrogen-bond acceptors (Lipinski definition) is 32. The van der Waals surface area contributed by atoms with Crippen LogP contribution in [-0.4, -0.2) is 243 Å². The molecule has 7 amide bonds. The number of aromatic nitrogens is 1. The lowest BCUT2D eigenvalue weighted by molar-refractivity contribution is -0.350. The number of ether oxygens (including phenoxy) is 9. The fourth-order valence-corrected chi connectivity index (χ4v) is 16.0. The van der Waals surface area contributed by atoms with Crippen molar-refractivity contribution in [2.24, 2.45) is 17.4 Å². The van der Waals surface area contributed by atoms with Crippen LogP contribution in [-0.2, 0) is 68.6 Å². The number of pyridine rings is 1. The number of phenolic OH excluding ortho intramolecular Hbond substituents is 3. The van der Waals surface area contributed by atoms with E-state index in [1.165, 1.54) is 51.4 Å². The molecular formula is C84H93Cl2F2N11O29. The molecule has 7 aromatic rings. The average molecular weight is 1830 g/mol. The maximum atomic E-state index is 16.4. The number of nitrogens with one attached hydrogen (secondary N) is 8. The number of aliphatic hydroxyl groups excluding tert-OH is 8. The molecule has 3 fully saturated rings. The number of aromatic hydroxyl groups is 3. The molecule has 44 heteroatoms. The van der Waals surface area contributed by atoms with Crippen LogP contribution < -0.4 is 72.9 Å². The van der Waals surface area contributed by atoms with Gasteiger partial charge in [0.05, 0.1) is 41.3 Å². The van der Waals surface area contributed by atoms with Crippen LogP contribution in [0.3, 0.4) is 0 Å². The van der Waals surface area contributed by atoms with Gasteiger partial charge in [0.1, 0.15) is 126 Å². The number of fused-ring (bicyclic) bond motifs is 15. The fraction of sp³-hybridized carbons (Fsp3) is 0.417. The zero-order valence-electron chi connectivity index (χ0n) is 68.4. The number of likely N-dealkylation sites (N-methyl/N-ethyl adjacent to an activating group) is 1. The van der Waals surface area contributed by atoms with Crippen LogP contribution in [0.1, 0.15) is 111 Å². The average Bonchev–Trinajstić information content (AvgIpc) is 0.428. The number of nitrogens with two attached hydrogens (primary N) is 2. The van der Waals surface area contributed by atoms with Gasteiger partial charge < -0.3 is 158 Å². The number of benzene rings is 6. The van der Waals surface area contributed by atoms with Crippen molar-refractivity contribution in [2.75, 3.05) is 20.2 Å². The highest BCUT2D eigenvalue weighted by atomic mass is 35.5. The maximum absolute atomic E-state index is 16.4. The minimum atomic E-state index is -2.45. The lowest BCUT2D eigenvalue weighted by Crippen LogP contribution is -2.65. The minimum Gasteiger partial charge on any atom is -0.508 e. The highest BCUT2D eigenvalue weighted by molar-refractivity contribution is 6.32. The first-order chi connectivity index (χ1) is 60.7. The van der Waals surface area contributed by atoms with Crippen LogP contribution in [0.15, 0.2) is 115 Å². The van der Waals surface area contributed by atoms with Gasteiger partial charge in [-0.25, -0.2) is 18.6 Å². The summed E-state index contributed by atoms with van der Waals surface area (Å²) in [6.07, 6.45) is -28.5. The molecule has 3 saturated heterocycles. The van der Waals surface area contributed by atoms with Gasteiger partial charge in [-0.15, -0.1) is 0 Å². The highest BCUT2D eigenvalue weighted by Crippen LogP contribution is 2.51. The van der Waals surface area contributed by atoms with E-state index in [1.807, 2.05) is 0 Å². The Balaban J connectivity index is 0.949. The van der Waals surface area contributed by atoms with Crippen molar-refractivity contribution in [1.82, 2.24) is 47.5 Å². The van der Waals surface area contributed by atoms with Gasteiger partial charge in [-0.3, -0.25) is 33.6 Å². The zero-order valence-corrected chi connectivity index (χ0v) is 69.9. The van der Waals surface area contributed by atoms with E-state index in [4.69, 9.17) is 77.3 Å². The smallest absolute Gasteiger partial charge is 0.330 e. The van der Waals surface area contributed by atoms with E-state index >= 15 is 24.0 Å². The Hall–Kier alpha value is -11.4. The summed E-state index contributed by atoms with van der Waals surface area (Å²) >= 11 is 14.5. The number of halogens is 4. The summed E-state index contributed by atoms with van der Waals surface area (Å²) in [6.45, 7) is 5.06. The third-order valence-electron chi connectivity index (χ3n) is 22.3.